The number of nitrogens with two attached hydrogens (primary N) is 1. The van der Waals surface area contributed by atoms with Gasteiger partial charge in [0, 0.05) is 18.1 Å². The van der Waals surface area contributed by atoms with Crippen LogP contribution in [0.2, 0.25) is 0 Å². The molecule has 3 N–H and O–H groups in total. The molecule has 7 heteroatoms. The predicted octanol–water partition coefficient (Wildman–Crippen LogP) is 1.43. The zero-order valence-corrected chi connectivity index (χ0v) is 14.8. The van der Waals surface area contributed by atoms with E-state index in [1.54, 1.807) is 0 Å². The Morgan fingerprint density at radius 2 is 2.04 bits per heavy atom. The Morgan fingerprint density at radius 3 is 2.46 bits per heavy atom. The lowest BCUT2D eigenvalue weighted by atomic mass is 9.74. The van der Waals surface area contributed by atoms with Crippen LogP contribution in [0.25, 0.3) is 0 Å². The number of methoxy groups -OCH3 is 1. The molecule has 0 aromatic heterocycles. The van der Waals surface area contributed by atoms with Gasteiger partial charge in [-0.15, -0.1) is 0 Å². The van der Waals surface area contributed by atoms with E-state index in [2.05, 4.69) is 30.5 Å². The summed E-state index contributed by atoms with van der Waals surface area (Å²) >= 11 is 0. The van der Waals surface area contributed by atoms with Crippen molar-refractivity contribution in [1.29, 1.82) is 0 Å². The molecule has 0 bridgehead atoms. The zero-order valence-electron chi connectivity index (χ0n) is 14.8. The average Bonchev–Trinajstić information content (AvgIpc) is 2.77. The first-order chi connectivity index (χ1) is 11.1. The second-order valence-electron chi connectivity index (χ2n) is 7.24. The van der Waals surface area contributed by atoms with Crippen molar-refractivity contribution < 1.29 is 24.2 Å². The van der Waals surface area contributed by atoms with Crippen molar-refractivity contribution in [3.05, 3.63) is 0 Å². The number of carbonyl (C=O) groups excluding carboxylic acids is 2. The molecule has 4 atom stereocenters. The van der Waals surface area contributed by atoms with Crippen LogP contribution < -0.4 is 5.73 Å². The number of hydrogen-bond donors (Lipinski definition) is 2. The summed E-state index contributed by atoms with van der Waals surface area (Å²) in [5.74, 6) is -1.27. The Kier molecular flexibility index (Phi) is 7.08. The van der Waals surface area contributed by atoms with Crippen molar-refractivity contribution >= 4 is 23.9 Å². The summed E-state index contributed by atoms with van der Waals surface area (Å²) < 4.78 is 4.67. The maximum atomic E-state index is 11.7. The van der Waals surface area contributed by atoms with E-state index in [1.165, 1.54) is 7.11 Å². The SMILES string of the molecule is COC(=O)C(N)CC(=N[C@H](C=O)CC(=O)O)C1C(C)CCC1(C)C. The van der Waals surface area contributed by atoms with Gasteiger partial charge in [0.25, 0.3) is 0 Å². The van der Waals surface area contributed by atoms with E-state index in [-0.39, 0.29) is 24.2 Å². The molecule has 0 radical (unpaired) electrons. The quantitative estimate of drug-likeness (QED) is 0.392. The highest BCUT2D eigenvalue weighted by Gasteiger charge is 2.43. The second kappa shape index (κ2) is 8.37. The van der Waals surface area contributed by atoms with E-state index in [4.69, 9.17) is 10.8 Å². The summed E-state index contributed by atoms with van der Waals surface area (Å²) in [4.78, 5) is 38.2. The number of ether oxygens (including phenoxy) is 1. The van der Waals surface area contributed by atoms with E-state index in [1.807, 2.05) is 0 Å². The van der Waals surface area contributed by atoms with Gasteiger partial charge in [0.2, 0.25) is 0 Å². The zero-order chi connectivity index (χ0) is 18.5. The fourth-order valence-corrected chi connectivity index (χ4v) is 3.71. The Hall–Kier alpha value is -1.76. The molecule has 136 valence electrons. The number of carboxylic acids is 1. The fraction of sp³-hybridized carbons (Fsp3) is 0.765. The lowest BCUT2D eigenvalue weighted by Gasteiger charge is -2.32. The minimum Gasteiger partial charge on any atom is -0.481 e. The minimum atomic E-state index is -1.09. The number of carboxylic acid groups (broad SMARTS) is 1. The highest BCUT2D eigenvalue weighted by atomic mass is 16.5. The summed E-state index contributed by atoms with van der Waals surface area (Å²) in [7, 11) is 1.26. The number of carbonyl (C=O) groups is 3. The monoisotopic (exact) mass is 340 g/mol. The summed E-state index contributed by atoms with van der Waals surface area (Å²) in [6.45, 7) is 6.34. The number of aliphatic imine (C=N–C) groups is 1. The van der Waals surface area contributed by atoms with Gasteiger partial charge in [0.05, 0.1) is 13.5 Å². The standard InChI is InChI=1S/C17H28N2O5/c1-10-5-6-17(2,3)15(10)13(8-12(18)16(23)24-4)19-11(9-20)7-14(21)22/h9-12,15H,5-8,18H2,1-4H3,(H,21,22)/t10?,11-,12?,15?/m0/s1. The third kappa shape index (κ3) is 5.12. The first-order valence-corrected chi connectivity index (χ1v) is 8.19. The molecule has 7 nitrogen and oxygen atoms in total. The minimum absolute atomic E-state index is 0.0458. The molecule has 1 rings (SSSR count). The van der Waals surface area contributed by atoms with Crippen LogP contribution in [0, 0.1) is 17.3 Å². The number of rotatable bonds is 8. The van der Waals surface area contributed by atoms with Crippen LogP contribution in [0.1, 0.15) is 46.5 Å². The van der Waals surface area contributed by atoms with Gasteiger partial charge in [-0.2, -0.15) is 0 Å². The van der Waals surface area contributed by atoms with Crippen LogP contribution in [-0.4, -0.2) is 48.2 Å². The van der Waals surface area contributed by atoms with E-state index in [9.17, 15) is 14.4 Å². The van der Waals surface area contributed by atoms with Gasteiger partial charge in [0.1, 0.15) is 18.4 Å². The van der Waals surface area contributed by atoms with Crippen LogP contribution in [0.4, 0.5) is 0 Å². The fourth-order valence-electron chi connectivity index (χ4n) is 3.71. The van der Waals surface area contributed by atoms with Crippen LogP contribution in [-0.2, 0) is 19.1 Å². The molecular weight excluding hydrogens is 312 g/mol. The Balaban J connectivity index is 3.17. The highest BCUT2D eigenvalue weighted by molar-refractivity contribution is 5.93. The van der Waals surface area contributed by atoms with Gasteiger partial charge < -0.3 is 20.4 Å². The van der Waals surface area contributed by atoms with E-state index in [0.717, 1.165) is 12.8 Å². The first-order valence-electron chi connectivity index (χ1n) is 8.19. The maximum Gasteiger partial charge on any atom is 0.323 e. The van der Waals surface area contributed by atoms with Gasteiger partial charge in [0.15, 0.2) is 0 Å². The van der Waals surface area contributed by atoms with Crippen LogP contribution in [0.5, 0.6) is 0 Å². The summed E-state index contributed by atoms with van der Waals surface area (Å²) in [5.41, 5.74) is 6.48. The van der Waals surface area contributed by atoms with E-state index >= 15 is 0 Å². The van der Waals surface area contributed by atoms with Crippen molar-refractivity contribution in [1.82, 2.24) is 0 Å². The van der Waals surface area contributed by atoms with Crippen molar-refractivity contribution in [2.24, 2.45) is 28.0 Å². The predicted molar refractivity (Wildman–Crippen MR) is 89.8 cm³/mol. The Morgan fingerprint density at radius 1 is 1.42 bits per heavy atom. The summed E-state index contributed by atoms with van der Waals surface area (Å²) in [6, 6.07) is -1.85. The Bertz CT molecular complexity index is 515. The van der Waals surface area contributed by atoms with Crippen molar-refractivity contribution in [3.63, 3.8) is 0 Å². The average molecular weight is 340 g/mol. The highest BCUT2D eigenvalue weighted by Crippen LogP contribution is 2.47. The molecule has 0 aromatic rings. The molecule has 1 aliphatic carbocycles. The van der Waals surface area contributed by atoms with Crippen molar-refractivity contribution in [2.75, 3.05) is 7.11 Å². The van der Waals surface area contributed by atoms with Gasteiger partial charge in [-0.3, -0.25) is 14.6 Å². The van der Waals surface area contributed by atoms with Crippen LogP contribution >= 0.6 is 0 Å². The normalized spacial score (nSPS) is 25.8. The van der Waals surface area contributed by atoms with Crippen LogP contribution in [0.15, 0.2) is 4.99 Å². The topological polar surface area (TPSA) is 119 Å². The molecule has 1 fully saturated rings. The molecule has 0 saturated heterocycles. The molecule has 0 aromatic carbocycles. The van der Waals surface area contributed by atoms with Gasteiger partial charge in [-0.25, -0.2) is 0 Å². The lowest BCUT2D eigenvalue weighted by molar-refractivity contribution is -0.142. The largest absolute Gasteiger partial charge is 0.481 e. The third-order valence-corrected chi connectivity index (χ3v) is 4.82. The number of aliphatic carboxylic acids is 1. The van der Waals surface area contributed by atoms with Crippen LogP contribution in [0.3, 0.4) is 0 Å². The molecule has 0 spiro atoms. The Labute approximate surface area is 142 Å². The number of esters is 1. The molecule has 0 heterocycles. The van der Waals surface area contributed by atoms with Crippen molar-refractivity contribution in [2.45, 2.75) is 58.5 Å². The third-order valence-electron chi connectivity index (χ3n) is 4.82. The van der Waals surface area contributed by atoms with Crippen molar-refractivity contribution in [3.8, 4) is 0 Å². The van der Waals surface area contributed by atoms with Gasteiger partial charge in [-0.1, -0.05) is 20.8 Å². The van der Waals surface area contributed by atoms with Gasteiger partial charge >= 0.3 is 11.9 Å². The van der Waals surface area contributed by atoms with E-state index < -0.39 is 24.0 Å². The summed E-state index contributed by atoms with van der Waals surface area (Å²) in [5, 5.41) is 8.93. The first kappa shape index (κ1) is 20.3. The smallest absolute Gasteiger partial charge is 0.323 e. The summed E-state index contributed by atoms with van der Waals surface area (Å²) in [6.07, 6.45) is 2.33. The molecule has 24 heavy (non-hydrogen) atoms. The molecule has 3 unspecified atom stereocenters. The number of nitrogens with zero attached hydrogens (tertiary/aromatic N) is 1. The lowest BCUT2D eigenvalue weighted by Crippen LogP contribution is -2.39. The van der Waals surface area contributed by atoms with Gasteiger partial charge in [-0.05, 0) is 24.2 Å². The number of aldehydes is 1. The molecule has 1 saturated carbocycles. The molecule has 0 aliphatic heterocycles. The van der Waals surface area contributed by atoms with E-state index in [0.29, 0.717) is 17.9 Å². The molecule has 0 amide bonds. The maximum absolute atomic E-state index is 11.7. The number of hydrogen-bond acceptors (Lipinski definition) is 6. The second-order valence-corrected chi connectivity index (χ2v) is 7.24. The molecule has 1 aliphatic rings. The molecular formula is C17H28N2O5.